The second-order valence-corrected chi connectivity index (χ2v) is 6.77. The van der Waals surface area contributed by atoms with E-state index < -0.39 is 0 Å². The number of piperidine rings is 1. The molecule has 20 heavy (non-hydrogen) atoms. The van der Waals surface area contributed by atoms with Crippen LogP contribution in [0.4, 0.5) is 0 Å². The summed E-state index contributed by atoms with van der Waals surface area (Å²) in [5.41, 5.74) is 1.33. The summed E-state index contributed by atoms with van der Waals surface area (Å²) in [4.78, 5) is 15.8. The number of benzene rings is 1. The molecular weight excluding hydrogens is 268 g/mol. The highest BCUT2D eigenvalue weighted by Crippen LogP contribution is 2.37. The van der Waals surface area contributed by atoms with Crippen LogP contribution < -0.4 is 5.32 Å². The van der Waals surface area contributed by atoms with Crippen molar-refractivity contribution in [2.45, 2.75) is 24.2 Å². The summed E-state index contributed by atoms with van der Waals surface area (Å²) in [6.07, 6.45) is 5.60. The van der Waals surface area contributed by atoms with Crippen molar-refractivity contribution >= 4 is 17.7 Å². The zero-order valence-electron chi connectivity index (χ0n) is 12.0. The summed E-state index contributed by atoms with van der Waals surface area (Å²) in [7, 11) is 0. The first-order valence-corrected chi connectivity index (χ1v) is 8.60. The van der Waals surface area contributed by atoms with Gasteiger partial charge in [-0.1, -0.05) is 12.1 Å². The van der Waals surface area contributed by atoms with Crippen molar-refractivity contribution in [2.75, 3.05) is 32.4 Å². The lowest BCUT2D eigenvalue weighted by molar-refractivity contribution is 0.0604. The van der Waals surface area contributed by atoms with Crippen molar-refractivity contribution in [1.29, 1.82) is 0 Å². The van der Waals surface area contributed by atoms with Gasteiger partial charge in [0.05, 0.1) is 5.56 Å². The standard InChI is InChI=1S/C16H22N2OS/c1-20-14-5-3-2-4-13(14)15(19)18-10-7-16(8-11-18)6-9-17-12-16/h2-5,17H,6-12H2,1H3. The molecule has 2 saturated heterocycles. The summed E-state index contributed by atoms with van der Waals surface area (Å²) >= 11 is 1.65. The first-order chi connectivity index (χ1) is 9.74. The molecule has 3 rings (SSSR count). The Morgan fingerprint density at radius 3 is 2.65 bits per heavy atom. The molecule has 1 aromatic carbocycles. The average molecular weight is 290 g/mol. The van der Waals surface area contributed by atoms with Gasteiger partial charge in [-0.3, -0.25) is 4.79 Å². The topological polar surface area (TPSA) is 32.3 Å². The monoisotopic (exact) mass is 290 g/mol. The number of amides is 1. The summed E-state index contributed by atoms with van der Waals surface area (Å²) in [6, 6.07) is 7.94. The molecule has 4 heteroatoms. The zero-order chi connectivity index (χ0) is 14.0. The fourth-order valence-electron chi connectivity index (χ4n) is 3.40. The highest BCUT2D eigenvalue weighted by atomic mass is 32.2. The molecule has 2 fully saturated rings. The van der Waals surface area contributed by atoms with Crippen LogP contribution >= 0.6 is 11.8 Å². The van der Waals surface area contributed by atoms with Crippen LogP contribution in [0.1, 0.15) is 29.6 Å². The maximum atomic E-state index is 12.7. The molecule has 0 saturated carbocycles. The van der Waals surface area contributed by atoms with Gasteiger partial charge >= 0.3 is 0 Å². The van der Waals surface area contributed by atoms with Gasteiger partial charge in [-0.2, -0.15) is 0 Å². The number of likely N-dealkylation sites (tertiary alicyclic amines) is 1. The Morgan fingerprint density at radius 2 is 2.00 bits per heavy atom. The lowest BCUT2D eigenvalue weighted by Crippen LogP contribution is -2.44. The largest absolute Gasteiger partial charge is 0.339 e. The molecule has 2 heterocycles. The molecule has 3 nitrogen and oxygen atoms in total. The molecule has 0 atom stereocenters. The summed E-state index contributed by atoms with van der Waals surface area (Å²) in [5.74, 6) is 0.204. The van der Waals surface area contributed by atoms with E-state index in [1.54, 1.807) is 11.8 Å². The van der Waals surface area contributed by atoms with Crippen LogP contribution in [0.15, 0.2) is 29.2 Å². The summed E-state index contributed by atoms with van der Waals surface area (Å²) in [6.45, 7) is 4.09. The average Bonchev–Trinajstić information content (AvgIpc) is 2.95. The lowest BCUT2D eigenvalue weighted by atomic mass is 9.78. The van der Waals surface area contributed by atoms with Crippen molar-refractivity contribution in [2.24, 2.45) is 5.41 Å². The summed E-state index contributed by atoms with van der Waals surface area (Å²) in [5, 5.41) is 3.47. The van der Waals surface area contributed by atoms with E-state index in [1.165, 1.54) is 6.42 Å². The van der Waals surface area contributed by atoms with E-state index in [1.807, 2.05) is 35.4 Å². The van der Waals surface area contributed by atoms with Gasteiger partial charge in [0.25, 0.3) is 5.91 Å². The number of rotatable bonds is 2. The molecule has 1 amide bonds. The predicted octanol–water partition coefficient (Wildman–Crippen LogP) is 2.62. The minimum Gasteiger partial charge on any atom is -0.339 e. The predicted molar refractivity (Wildman–Crippen MR) is 83.3 cm³/mol. The van der Waals surface area contributed by atoms with Gasteiger partial charge in [0.15, 0.2) is 0 Å². The van der Waals surface area contributed by atoms with Crippen molar-refractivity contribution in [1.82, 2.24) is 10.2 Å². The molecule has 0 bridgehead atoms. The first-order valence-electron chi connectivity index (χ1n) is 7.37. The highest BCUT2D eigenvalue weighted by Gasteiger charge is 2.38. The highest BCUT2D eigenvalue weighted by molar-refractivity contribution is 7.98. The SMILES string of the molecule is CSc1ccccc1C(=O)N1CCC2(CCNC2)CC1. The third kappa shape index (κ3) is 2.59. The molecule has 0 aliphatic carbocycles. The molecule has 1 spiro atoms. The Balaban J connectivity index is 1.70. The van der Waals surface area contributed by atoms with Crippen LogP contribution in [0.25, 0.3) is 0 Å². The smallest absolute Gasteiger partial charge is 0.254 e. The van der Waals surface area contributed by atoms with Crippen LogP contribution in [0, 0.1) is 5.41 Å². The Hall–Kier alpha value is -1.00. The quantitative estimate of drug-likeness (QED) is 0.850. The van der Waals surface area contributed by atoms with Gasteiger partial charge in [-0.25, -0.2) is 0 Å². The molecule has 2 aliphatic rings. The Labute approximate surface area is 125 Å². The zero-order valence-corrected chi connectivity index (χ0v) is 12.8. The third-order valence-electron chi connectivity index (χ3n) is 4.78. The number of hydrogen-bond acceptors (Lipinski definition) is 3. The maximum Gasteiger partial charge on any atom is 0.254 e. The minimum atomic E-state index is 0.204. The number of carbonyl (C=O) groups excluding carboxylic acids is 1. The van der Waals surface area contributed by atoms with Gasteiger partial charge in [-0.15, -0.1) is 11.8 Å². The van der Waals surface area contributed by atoms with Gasteiger partial charge in [0.2, 0.25) is 0 Å². The van der Waals surface area contributed by atoms with E-state index in [0.29, 0.717) is 5.41 Å². The lowest BCUT2D eigenvalue weighted by Gasteiger charge is -2.39. The first kappa shape index (κ1) is 14.0. The number of thioether (sulfide) groups is 1. The maximum absolute atomic E-state index is 12.7. The number of nitrogens with one attached hydrogen (secondary N) is 1. The molecule has 0 unspecified atom stereocenters. The van der Waals surface area contributed by atoms with Crippen molar-refractivity contribution in [3.63, 3.8) is 0 Å². The molecule has 1 aromatic rings. The van der Waals surface area contributed by atoms with Gasteiger partial charge in [-0.05, 0) is 49.6 Å². The van der Waals surface area contributed by atoms with Gasteiger partial charge < -0.3 is 10.2 Å². The van der Waals surface area contributed by atoms with E-state index in [-0.39, 0.29) is 5.91 Å². The molecule has 108 valence electrons. The van der Waals surface area contributed by atoms with Crippen LogP contribution in [-0.4, -0.2) is 43.2 Å². The van der Waals surface area contributed by atoms with Crippen molar-refractivity contribution in [3.8, 4) is 0 Å². The van der Waals surface area contributed by atoms with Gasteiger partial charge in [0.1, 0.15) is 0 Å². The Kier molecular flexibility index (Phi) is 4.03. The van der Waals surface area contributed by atoms with E-state index in [9.17, 15) is 4.79 Å². The summed E-state index contributed by atoms with van der Waals surface area (Å²) < 4.78 is 0. The minimum absolute atomic E-state index is 0.204. The molecule has 2 aliphatic heterocycles. The van der Waals surface area contributed by atoms with Crippen molar-refractivity contribution in [3.05, 3.63) is 29.8 Å². The van der Waals surface area contributed by atoms with E-state index in [2.05, 4.69) is 5.32 Å². The van der Waals surface area contributed by atoms with Crippen molar-refractivity contribution < 1.29 is 4.79 Å². The molecule has 1 N–H and O–H groups in total. The number of carbonyl (C=O) groups is 1. The fraction of sp³-hybridized carbons (Fsp3) is 0.562. The Bertz CT molecular complexity index is 487. The second-order valence-electron chi connectivity index (χ2n) is 5.92. The molecular formula is C16H22N2OS. The second kappa shape index (κ2) is 5.78. The third-order valence-corrected chi connectivity index (χ3v) is 5.58. The van der Waals surface area contributed by atoms with Crippen LogP contribution in [-0.2, 0) is 0 Å². The molecule has 0 radical (unpaired) electrons. The Morgan fingerprint density at radius 1 is 1.25 bits per heavy atom. The number of hydrogen-bond donors (Lipinski definition) is 1. The van der Waals surface area contributed by atoms with E-state index in [0.717, 1.165) is 49.5 Å². The van der Waals surface area contributed by atoms with Crippen LogP contribution in [0.2, 0.25) is 0 Å². The van der Waals surface area contributed by atoms with E-state index >= 15 is 0 Å². The van der Waals surface area contributed by atoms with E-state index in [4.69, 9.17) is 0 Å². The van der Waals surface area contributed by atoms with Gasteiger partial charge in [0, 0.05) is 24.5 Å². The normalized spacial score (nSPS) is 21.4. The van der Waals surface area contributed by atoms with Crippen LogP contribution in [0.5, 0.6) is 0 Å². The number of nitrogens with zero attached hydrogens (tertiary/aromatic N) is 1. The molecule has 0 aromatic heterocycles. The fourth-order valence-corrected chi connectivity index (χ4v) is 3.99. The van der Waals surface area contributed by atoms with Crippen LogP contribution in [0.3, 0.4) is 0 Å².